The molecule has 9 nitrogen and oxygen atoms in total. The van der Waals surface area contributed by atoms with Crippen LogP contribution < -0.4 is 22.1 Å². The number of amides is 2. The number of hydrogen-bond acceptors (Lipinski definition) is 4. The fraction of sp³-hybridized carbons (Fsp3) is 0.474. The van der Waals surface area contributed by atoms with Crippen LogP contribution in [0.2, 0.25) is 0 Å². The van der Waals surface area contributed by atoms with Gasteiger partial charge in [0.1, 0.15) is 6.04 Å². The summed E-state index contributed by atoms with van der Waals surface area (Å²) < 4.78 is 0. The summed E-state index contributed by atoms with van der Waals surface area (Å²) in [6, 6.07) is 8.64. The number of carbonyl (C=O) groups is 3. The van der Waals surface area contributed by atoms with Crippen LogP contribution in [0.5, 0.6) is 0 Å². The quantitative estimate of drug-likeness (QED) is 0.183. The van der Waals surface area contributed by atoms with Crippen molar-refractivity contribution in [2.45, 2.75) is 44.6 Å². The van der Waals surface area contributed by atoms with E-state index in [2.05, 4.69) is 15.6 Å². The number of benzene rings is 1. The lowest BCUT2D eigenvalue weighted by Gasteiger charge is -2.19. The summed E-state index contributed by atoms with van der Waals surface area (Å²) in [6.45, 7) is 0.935. The Morgan fingerprint density at radius 2 is 1.75 bits per heavy atom. The Morgan fingerprint density at radius 3 is 2.39 bits per heavy atom. The maximum Gasteiger partial charge on any atom is 0.303 e. The first-order valence-corrected chi connectivity index (χ1v) is 9.26. The molecule has 1 aromatic carbocycles. The van der Waals surface area contributed by atoms with Gasteiger partial charge < -0.3 is 27.2 Å². The second-order valence-electron chi connectivity index (χ2n) is 6.36. The van der Waals surface area contributed by atoms with Gasteiger partial charge in [-0.25, -0.2) is 0 Å². The number of aliphatic imine (C=N–C) groups is 1. The Kier molecular flexibility index (Phi) is 10.8. The van der Waals surface area contributed by atoms with Crippen molar-refractivity contribution >= 4 is 23.7 Å². The van der Waals surface area contributed by atoms with E-state index in [1.54, 1.807) is 0 Å². The van der Waals surface area contributed by atoms with Gasteiger partial charge in [-0.3, -0.25) is 19.4 Å². The number of rotatable bonds is 13. The van der Waals surface area contributed by atoms with Crippen molar-refractivity contribution in [1.29, 1.82) is 0 Å². The number of aliphatic carboxylic acids is 1. The zero-order valence-corrected chi connectivity index (χ0v) is 15.9. The van der Waals surface area contributed by atoms with Crippen molar-refractivity contribution in [1.82, 2.24) is 10.6 Å². The zero-order valence-electron chi connectivity index (χ0n) is 15.9. The van der Waals surface area contributed by atoms with E-state index < -0.39 is 12.0 Å². The van der Waals surface area contributed by atoms with E-state index in [1.807, 2.05) is 30.3 Å². The molecule has 0 aromatic heterocycles. The molecule has 0 heterocycles. The van der Waals surface area contributed by atoms with Crippen LogP contribution in [0, 0.1) is 0 Å². The lowest BCUT2D eigenvalue weighted by molar-refractivity contribution is -0.137. The first-order valence-electron chi connectivity index (χ1n) is 9.26. The number of carbonyl (C=O) groups excluding carboxylic acids is 2. The van der Waals surface area contributed by atoms with Gasteiger partial charge in [-0.05, 0) is 24.8 Å². The minimum atomic E-state index is -0.952. The number of carboxylic acids is 1. The minimum Gasteiger partial charge on any atom is -0.481 e. The van der Waals surface area contributed by atoms with Gasteiger partial charge in [0, 0.05) is 32.4 Å². The number of unbranched alkanes of at least 4 members (excludes halogenated alkanes) is 1. The van der Waals surface area contributed by atoms with Crippen LogP contribution in [0.3, 0.4) is 0 Å². The van der Waals surface area contributed by atoms with Gasteiger partial charge in [0.25, 0.3) is 0 Å². The molecule has 154 valence electrons. The van der Waals surface area contributed by atoms with Crippen LogP contribution in [0.15, 0.2) is 35.3 Å². The number of nitrogens with two attached hydrogens (primary N) is 2. The standard InChI is InChI=1S/C19H29N5O4/c20-19(21)23-12-5-4-11-22-18(28)15(13-14-7-2-1-3-8-14)24-16(25)9-6-10-17(26)27/h1-3,7-8,15H,4-6,9-13H2,(H,22,28)(H,24,25)(H,26,27)(H4,20,21,23)/t15-/m1/s1. The largest absolute Gasteiger partial charge is 0.481 e. The molecule has 0 aliphatic rings. The molecule has 1 aromatic rings. The van der Waals surface area contributed by atoms with E-state index in [4.69, 9.17) is 16.6 Å². The molecule has 1 atom stereocenters. The van der Waals surface area contributed by atoms with Gasteiger partial charge in [-0.1, -0.05) is 30.3 Å². The van der Waals surface area contributed by atoms with E-state index in [0.29, 0.717) is 25.9 Å². The van der Waals surface area contributed by atoms with E-state index in [1.165, 1.54) is 0 Å². The first-order chi connectivity index (χ1) is 13.4. The average molecular weight is 391 g/mol. The molecule has 9 heteroatoms. The summed E-state index contributed by atoms with van der Waals surface area (Å²) >= 11 is 0. The Morgan fingerprint density at radius 1 is 1.04 bits per heavy atom. The van der Waals surface area contributed by atoms with E-state index in [0.717, 1.165) is 12.0 Å². The summed E-state index contributed by atoms with van der Waals surface area (Å²) in [6.07, 6.45) is 1.98. The maximum absolute atomic E-state index is 12.5. The van der Waals surface area contributed by atoms with Crippen LogP contribution in [-0.4, -0.2) is 48.0 Å². The lowest BCUT2D eigenvalue weighted by atomic mass is 10.0. The summed E-state index contributed by atoms with van der Waals surface area (Å²) in [5.41, 5.74) is 11.4. The molecule has 0 saturated carbocycles. The van der Waals surface area contributed by atoms with Crippen LogP contribution in [0.1, 0.15) is 37.7 Å². The van der Waals surface area contributed by atoms with Gasteiger partial charge in [-0.2, -0.15) is 0 Å². The molecule has 1 rings (SSSR count). The zero-order chi connectivity index (χ0) is 20.8. The predicted molar refractivity (Wildman–Crippen MR) is 106 cm³/mol. The van der Waals surface area contributed by atoms with Gasteiger partial charge >= 0.3 is 5.97 Å². The Labute approximate surface area is 164 Å². The summed E-state index contributed by atoms with van der Waals surface area (Å²) in [5.74, 6) is -1.54. The molecular formula is C19H29N5O4. The highest BCUT2D eigenvalue weighted by molar-refractivity contribution is 5.88. The molecule has 0 aliphatic heterocycles. The second kappa shape index (κ2) is 13.1. The number of nitrogens with one attached hydrogen (secondary N) is 2. The van der Waals surface area contributed by atoms with E-state index in [9.17, 15) is 14.4 Å². The van der Waals surface area contributed by atoms with Crippen LogP contribution in [0.25, 0.3) is 0 Å². The third kappa shape index (κ3) is 10.8. The van der Waals surface area contributed by atoms with Gasteiger partial charge in [-0.15, -0.1) is 0 Å². The molecule has 0 radical (unpaired) electrons. The molecule has 0 aliphatic carbocycles. The Bertz CT molecular complexity index is 660. The van der Waals surface area contributed by atoms with Gasteiger partial charge in [0.05, 0.1) is 0 Å². The van der Waals surface area contributed by atoms with Crippen molar-refractivity contribution in [2.75, 3.05) is 13.1 Å². The number of nitrogens with zero attached hydrogens (tertiary/aromatic N) is 1. The molecule has 28 heavy (non-hydrogen) atoms. The topological polar surface area (TPSA) is 160 Å². The normalized spacial score (nSPS) is 11.3. The Hall–Kier alpha value is -3.10. The lowest BCUT2D eigenvalue weighted by Crippen LogP contribution is -2.48. The molecule has 0 fully saturated rings. The molecular weight excluding hydrogens is 362 g/mol. The predicted octanol–water partition coefficient (Wildman–Crippen LogP) is 0.139. The summed E-state index contributed by atoms with van der Waals surface area (Å²) in [7, 11) is 0. The first kappa shape index (κ1) is 22.9. The van der Waals surface area contributed by atoms with Crippen LogP contribution in [0.4, 0.5) is 0 Å². The number of hydrogen-bond donors (Lipinski definition) is 5. The van der Waals surface area contributed by atoms with Crippen molar-refractivity contribution in [3.63, 3.8) is 0 Å². The monoisotopic (exact) mass is 391 g/mol. The fourth-order valence-electron chi connectivity index (χ4n) is 2.51. The summed E-state index contributed by atoms with van der Waals surface area (Å²) in [4.78, 5) is 39.0. The summed E-state index contributed by atoms with van der Waals surface area (Å²) in [5, 5.41) is 14.2. The average Bonchev–Trinajstić information content (AvgIpc) is 2.64. The van der Waals surface area contributed by atoms with Crippen molar-refractivity contribution < 1.29 is 19.5 Å². The molecule has 0 spiro atoms. The second-order valence-corrected chi connectivity index (χ2v) is 6.36. The SMILES string of the molecule is NC(N)=NCCCCNC(=O)[C@@H](Cc1ccccc1)NC(=O)CCCC(=O)O. The fourth-order valence-corrected chi connectivity index (χ4v) is 2.51. The number of guanidine groups is 1. The highest BCUT2D eigenvalue weighted by Gasteiger charge is 2.20. The number of carboxylic acid groups (broad SMARTS) is 1. The molecule has 2 amide bonds. The van der Waals surface area contributed by atoms with E-state index >= 15 is 0 Å². The molecule has 7 N–H and O–H groups in total. The minimum absolute atomic E-state index is 0.0394. The van der Waals surface area contributed by atoms with Crippen molar-refractivity contribution in [3.8, 4) is 0 Å². The highest BCUT2D eigenvalue weighted by atomic mass is 16.4. The Balaban J connectivity index is 2.53. The van der Waals surface area contributed by atoms with Crippen molar-refractivity contribution in [2.24, 2.45) is 16.5 Å². The molecule has 0 saturated heterocycles. The maximum atomic E-state index is 12.5. The van der Waals surface area contributed by atoms with Gasteiger partial charge in [0.2, 0.25) is 11.8 Å². The third-order valence-electron chi connectivity index (χ3n) is 3.91. The van der Waals surface area contributed by atoms with Crippen LogP contribution in [-0.2, 0) is 20.8 Å². The third-order valence-corrected chi connectivity index (χ3v) is 3.91. The van der Waals surface area contributed by atoms with Crippen LogP contribution >= 0.6 is 0 Å². The molecule has 0 unspecified atom stereocenters. The highest BCUT2D eigenvalue weighted by Crippen LogP contribution is 2.05. The molecule has 0 bridgehead atoms. The van der Waals surface area contributed by atoms with E-state index in [-0.39, 0.29) is 37.0 Å². The smallest absolute Gasteiger partial charge is 0.303 e. The van der Waals surface area contributed by atoms with Gasteiger partial charge in [0.15, 0.2) is 5.96 Å². The van der Waals surface area contributed by atoms with Crippen molar-refractivity contribution in [3.05, 3.63) is 35.9 Å².